The van der Waals surface area contributed by atoms with E-state index in [9.17, 15) is 0 Å². The van der Waals surface area contributed by atoms with Crippen LogP contribution in [0.4, 0.5) is 0 Å². The Balaban J connectivity index is 1.25. The van der Waals surface area contributed by atoms with Crippen molar-refractivity contribution in [3.05, 3.63) is 210 Å². The van der Waals surface area contributed by atoms with E-state index in [1.54, 1.807) is 0 Å². The molecule has 0 fully saturated rings. The van der Waals surface area contributed by atoms with E-state index < -0.39 is 5.41 Å². The van der Waals surface area contributed by atoms with Crippen LogP contribution in [0.25, 0.3) is 72.2 Å². The highest BCUT2D eigenvalue weighted by Crippen LogP contribution is 2.62. The number of nitrogens with zero attached hydrogens (tertiary/aromatic N) is 3. The second-order valence-electron chi connectivity index (χ2n) is 14.5. The lowest BCUT2D eigenvalue weighted by Crippen LogP contribution is -2.32. The Hall–Kier alpha value is -7.30. The average Bonchev–Trinajstić information content (AvgIpc) is 3.74. The topological polar surface area (TPSA) is 39.9 Å². The van der Waals surface area contributed by atoms with Crippen LogP contribution >= 0.6 is 0 Å². The van der Waals surface area contributed by atoms with Gasteiger partial charge in [-0.2, -0.15) is 0 Å². The maximum atomic E-state index is 7.00. The number of aromatic nitrogens is 3. The van der Waals surface area contributed by atoms with Crippen molar-refractivity contribution in [2.24, 2.45) is 0 Å². The zero-order chi connectivity index (χ0) is 36.1. The number of fused-ring (bicyclic) bond motifs is 14. The number of rotatable bonds is 3. The fourth-order valence-corrected chi connectivity index (χ4v) is 9.40. The van der Waals surface area contributed by atoms with Gasteiger partial charge in [-0.15, -0.1) is 0 Å². The van der Waals surface area contributed by atoms with Crippen LogP contribution in [0.15, 0.2) is 188 Å². The molecule has 55 heavy (non-hydrogen) atoms. The summed E-state index contributed by atoms with van der Waals surface area (Å²) in [6.07, 6.45) is 0. The van der Waals surface area contributed by atoms with Crippen molar-refractivity contribution in [3.63, 3.8) is 0 Å². The predicted molar refractivity (Wildman–Crippen MR) is 222 cm³/mol. The minimum atomic E-state index is -0.592. The molecule has 1 spiro atoms. The fourth-order valence-electron chi connectivity index (χ4n) is 9.40. The zero-order valence-corrected chi connectivity index (χ0v) is 29.6. The minimum absolute atomic E-state index is 0.592. The number of ether oxygens (including phenoxy) is 1. The van der Waals surface area contributed by atoms with Gasteiger partial charge in [-0.05, 0) is 57.3 Å². The van der Waals surface area contributed by atoms with Crippen molar-refractivity contribution in [1.82, 2.24) is 14.5 Å². The normalized spacial score (nSPS) is 13.4. The Morgan fingerprint density at radius 1 is 0.436 bits per heavy atom. The van der Waals surface area contributed by atoms with E-state index >= 15 is 0 Å². The van der Waals surface area contributed by atoms with Gasteiger partial charge < -0.3 is 4.74 Å². The van der Waals surface area contributed by atoms with Crippen LogP contribution in [-0.4, -0.2) is 14.5 Å². The highest BCUT2D eigenvalue weighted by molar-refractivity contribution is 6.22. The number of hydrogen-bond donors (Lipinski definition) is 0. The third-order valence-electron chi connectivity index (χ3n) is 11.7. The van der Waals surface area contributed by atoms with Crippen molar-refractivity contribution in [2.45, 2.75) is 5.41 Å². The smallest absolute Gasteiger partial charge is 0.162 e. The van der Waals surface area contributed by atoms with Crippen LogP contribution in [0, 0.1) is 0 Å². The zero-order valence-electron chi connectivity index (χ0n) is 29.6. The molecule has 0 unspecified atom stereocenters. The van der Waals surface area contributed by atoms with E-state index in [-0.39, 0.29) is 0 Å². The van der Waals surface area contributed by atoms with Gasteiger partial charge in [0.1, 0.15) is 17.3 Å². The molecule has 0 saturated heterocycles. The lowest BCUT2D eigenvalue weighted by molar-refractivity contribution is 0.437. The summed E-state index contributed by atoms with van der Waals surface area (Å²) in [5.74, 6) is 3.23. The van der Waals surface area contributed by atoms with E-state index in [1.165, 1.54) is 38.4 Å². The van der Waals surface area contributed by atoms with Gasteiger partial charge in [0, 0.05) is 39.1 Å². The summed E-state index contributed by atoms with van der Waals surface area (Å²) in [5.41, 5.74) is 11.7. The van der Waals surface area contributed by atoms with Crippen LogP contribution in [0.2, 0.25) is 0 Å². The van der Waals surface area contributed by atoms with Crippen LogP contribution in [0.3, 0.4) is 0 Å². The molecule has 0 amide bonds. The summed E-state index contributed by atoms with van der Waals surface area (Å²) in [6.45, 7) is 0. The summed E-state index contributed by atoms with van der Waals surface area (Å²) in [5, 5.41) is 4.65. The lowest BCUT2D eigenvalue weighted by atomic mass is 9.66. The summed E-state index contributed by atoms with van der Waals surface area (Å²) in [7, 11) is 0. The Labute approximate surface area is 317 Å². The first-order valence-electron chi connectivity index (χ1n) is 18.7. The van der Waals surface area contributed by atoms with Crippen molar-refractivity contribution in [3.8, 4) is 51.1 Å². The minimum Gasteiger partial charge on any atom is -0.457 e. The number of para-hydroxylation sites is 1. The highest BCUT2D eigenvalue weighted by atomic mass is 16.5. The Bertz CT molecular complexity index is 3080. The first kappa shape index (κ1) is 30.2. The van der Waals surface area contributed by atoms with Gasteiger partial charge in [-0.1, -0.05) is 158 Å². The van der Waals surface area contributed by atoms with Crippen molar-refractivity contribution < 1.29 is 4.74 Å². The van der Waals surface area contributed by atoms with E-state index in [0.29, 0.717) is 5.82 Å². The summed E-state index contributed by atoms with van der Waals surface area (Å²) >= 11 is 0. The van der Waals surface area contributed by atoms with Gasteiger partial charge in [0.05, 0.1) is 22.1 Å². The molecule has 256 valence electrons. The van der Waals surface area contributed by atoms with Crippen molar-refractivity contribution in [1.29, 1.82) is 0 Å². The predicted octanol–water partition coefficient (Wildman–Crippen LogP) is 12.5. The van der Waals surface area contributed by atoms with Crippen molar-refractivity contribution in [2.75, 3.05) is 0 Å². The average molecular weight is 702 g/mol. The fraction of sp³-hybridized carbons (Fsp3) is 0.0196. The van der Waals surface area contributed by atoms with Gasteiger partial charge in [-0.25, -0.2) is 9.97 Å². The lowest BCUT2D eigenvalue weighted by Gasteiger charge is -2.39. The van der Waals surface area contributed by atoms with E-state index in [2.05, 4.69) is 168 Å². The van der Waals surface area contributed by atoms with Crippen LogP contribution in [-0.2, 0) is 5.41 Å². The second kappa shape index (κ2) is 11.3. The molecule has 10 aromatic rings. The van der Waals surface area contributed by atoms with Crippen LogP contribution < -0.4 is 4.74 Å². The molecule has 0 atom stereocenters. The molecule has 2 aliphatic rings. The molecule has 0 N–H and O–H groups in total. The van der Waals surface area contributed by atoms with E-state index in [1.807, 2.05) is 24.3 Å². The Morgan fingerprint density at radius 3 is 1.84 bits per heavy atom. The van der Waals surface area contributed by atoms with Gasteiger partial charge in [0.25, 0.3) is 0 Å². The van der Waals surface area contributed by atoms with Gasteiger partial charge >= 0.3 is 0 Å². The molecule has 12 rings (SSSR count). The molecule has 0 bridgehead atoms. The molecular formula is C51H31N3O. The Kier molecular flexibility index (Phi) is 6.23. The molecule has 0 saturated carbocycles. The monoisotopic (exact) mass is 701 g/mol. The quantitative estimate of drug-likeness (QED) is 0.184. The van der Waals surface area contributed by atoms with Crippen LogP contribution in [0.5, 0.6) is 11.5 Å². The standard InChI is InChI=1S/C51H31N3O/c1-3-16-33(17-4-1)43-31-48(53-50(52-43)34-18-5-2-6-19-34)54-44-28-27-32-15-7-8-20-35(32)49(44)38-29-47-42(30-45(38)54)51(41-25-13-14-26-46(41)55-47)39-23-11-9-21-36(39)37-22-10-12-24-40(37)51/h1-31H. The molecule has 1 aliphatic carbocycles. The molecule has 3 heterocycles. The van der Waals surface area contributed by atoms with E-state index in [0.717, 1.165) is 61.7 Å². The molecule has 2 aromatic heterocycles. The third-order valence-corrected chi connectivity index (χ3v) is 11.7. The van der Waals surface area contributed by atoms with Gasteiger partial charge in [-0.3, -0.25) is 4.57 Å². The molecule has 8 aromatic carbocycles. The maximum Gasteiger partial charge on any atom is 0.162 e. The SMILES string of the molecule is c1ccc(-c2cc(-n3c4cc5c(cc4c4c6ccccc6ccc43)Oc3ccccc3C53c4ccccc4-c4ccccc43)nc(-c3ccccc3)n2)cc1. The maximum absolute atomic E-state index is 7.00. The third kappa shape index (κ3) is 4.16. The highest BCUT2D eigenvalue weighted by Gasteiger charge is 2.51. The number of hydrogen-bond acceptors (Lipinski definition) is 3. The van der Waals surface area contributed by atoms with Crippen molar-refractivity contribution >= 4 is 32.6 Å². The van der Waals surface area contributed by atoms with Crippen LogP contribution in [0.1, 0.15) is 22.3 Å². The summed E-state index contributed by atoms with van der Waals surface area (Å²) in [4.78, 5) is 10.5. The summed E-state index contributed by atoms with van der Waals surface area (Å²) < 4.78 is 9.34. The first-order valence-corrected chi connectivity index (χ1v) is 18.7. The van der Waals surface area contributed by atoms with Gasteiger partial charge in [0.2, 0.25) is 0 Å². The Morgan fingerprint density at radius 2 is 1.07 bits per heavy atom. The molecule has 1 aliphatic heterocycles. The van der Waals surface area contributed by atoms with E-state index in [4.69, 9.17) is 14.7 Å². The largest absolute Gasteiger partial charge is 0.457 e. The first-order chi connectivity index (χ1) is 27.3. The molecule has 4 nitrogen and oxygen atoms in total. The summed E-state index contributed by atoms with van der Waals surface area (Å²) in [6, 6.07) is 66.9. The number of benzene rings is 8. The molecule has 4 heteroatoms. The second-order valence-corrected chi connectivity index (χ2v) is 14.5. The van der Waals surface area contributed by atoms with Gasteiger partial charge in [0.15, 0.2) is 5.82 Å². The molecular weight excluding hydrogens is 671 g/mol. The molecule has 0 radical (unpaired) electrons.